The molecule has 0 saturated heterocycles. The van der Waals surface area contributed by atoms with E-state index in [1.54, 1.807) is 13.0 Å². The zero-order valence-corrected chi connectivity index (χ0v) is 13.2. The summed E-state index contributed by atoms with van der Waals surface area (Å²) in [4.78, 5) is 11.7. The van der Waals surface area contributed by atoms with Crippen molar-refractivity contribution in [2.45, 2.75) is 26.9 Å². The van der Waals surface area contributed by atoms with E-state index in [2.05, 4.69) is 28.1 Å². The van der Waals surface area contributed by atoms with Crippen LogP contribution >= 0.6 is 0 Å². The summed E-state index contributed by atoms with van der Waals surface area (Å²) in [7, 11) is 0. The van der Waals surface area contributed by atoms with Gasteiger partial charge in [-0.15, -0.1) is 0 Å². The largest absolute Gasteiger partial charge is 0.392 e. The molecule has 1 unspecified atom stereocenters. The molecule has 0 aliphatic carbocycles. The summed E-state index contributed by atoms with van der Waals surface area (Å²) in [6.07, 6.45) is 2.76. The first-order chi connectivity index (χ1) is 10.5. The SMILES string of the molecule is Cc1cc(/C=C/C(=O)NCC(C)O)c(C)n1-c1ccccc1. The first kappa shape index (κ1) is 16.0. The second-order valence-corrected chi connectivity index (χ2v) is 5.42. The lowest BCUT2D eigenvalue weighted by Gasteiger charge is -2.09. The summed E-state index contributed by atoms with van der Waals surface area (Å²) in [6.45, 7) is 5.97. The summed E-state index contributed by atoms with van der Waals surface area (Å²) in [5.41, 5.74) is 4.32. The lowest BCUT2D eigenvalue weighted by molar-refractivity contribution is -0.116. The normalized spacial score (nSPS) is 12.5. The fraction of sp³-hybridized carbons (Fsp3) is 0.278. The number of aryl methyl sites for hydroxylation is 1. The van der Waals surface area contributed by atoms with Gasteiger partial charge in [0.1, 0.15) is 0 Å². The first-order valence-electron chi connectivity index (χ1n) is 7.37. The second kappa shape index (κ2) is 7.09. The molecular formula is C18H22N2O2. The van der Waals surface area contributed by atoms with E-state index in [-0.39, 0.29) is 12.5 Å². The molecule has 1 atom stereocenters. The van der Waals surface area contributed by atoms with E-state index in [0.29, 0.717) is 0 Å². The number of carbonyl (C=O) groups is 1. The standard InChI is InChI=1S/C18H22N2O2/c1-13-11-16(9-10-18(22)19-12-14(2)21)15(3)20(13)17-7-5-4-6-8-17/h4-11,14,21H,12H2,1-3H3,(H,19,22)/b10-9+. The van der Waals surface area contributed by atoms with Crippen molar-refractivity contribution in [1.29, 1.82) is 0 Å². The molecule has 0 radical (unpaired) electrons. The lowest BCUT2D eigenvalue weighted by atomic mass is 10.2. The number of amides is 1. The molecule has 0 bridgehead atoms. The number of nitrogens with one attached hydrogen (secondary N) is 1. The molecule has 0 saturated carbocycles. The van der Waals surface area contributed by atoms with Gasteiger partial charge in [0.2, 0.25) is 5.91 Å². The van der Waals surface area contributed by atoms with E-state index in [1.165, 1.54) is 6.08 Å². The average Bonchev–Trinajstić information content (AvgIpc) is 2.78. The number of hydrogen-bond acceptors (Lipinski definition) is 2. The number of aliphatic hydroxyl groups excluding tert-OH is 1. The van der Waals surface area contributed by atoms with Crippen LogP contribution in [0.1, 0.15) is 23.9 Å². The number of para-hydroxylation sites is 1. The third-order valence-corrected chi connectivity index (χ3v) is 3.47. The van der Waals surface area contributed by atoms with Gasteiger partial charge >= 0.3 is 0 Å². The van der Waals surface area contributed by atoms with Crippen LogP contribution in [0.2, 0.25) is 0 Å². The van der Waals surface area contributed by atoms with Crippen LogP contribution in [-0.2, 0) is 4.79 Å². The lowest BCUT2D eigenvalue weighted by Crippen LogP contribution is -2.28. The Morgan fingerprint density at radius 2 is 2.00 bits per heavy atom. The van der Waals surface area contributed by atoms with Gasteiger partial charge in [-0.2, -0.15) is 0 Å². The van der Waals surface area contributed by atoms with Crippen LogP contribution in [0.4, 0.5) is 0 Å². The Morgan fingerprint density at radius 3 is 2.64 bits per heavy atom. The van der Waals surface area contributed by atoms with Crippen LogP contribution in [0.5, 0.6) is 0 Å². The molecule has 116 valence electrons. The molecular weight excluding hydrogens is 276 g/mol. The van der Waals surface area contributed by atoms with Crippen molar-refractivity contribution in [1.82, 2.24) is 9.88 Å². The zero-order chi connectivity index (χ0) is 16.1. The molecule has 1 aromatic heterocycles. The van der Waals surface area contributed by atoms with Crippen LogP contribution < -0.4 is 5.32 Å². The molecule has 4 nitrogen and oxygen atoms in total. The number of nitrogens with zero attached hydrogens (tertiary/aromatic N) is 1. The molecule has 1 amide bonds. The molecule has 2 aromatic rings. The smallest absolute Gasteiger partial charge is 0.244 e. The van der Waals surface area contributed by atoms with Crippen LogP contribution in [-0.4, -0.2) is 28.2 Å². The maximum Gasteiger partial charge on any atom is 0.244 e. The average molecular weight is 298 g/mol. The molecule has 0 aliphatic rings. The minimum Gasteiger partial charge on any atom is -0.392 e. The van der Waals surface area contributed by atoms with Gasteiger partial charge < -0.3 is 15.0 Å². The molecule has 22 heavy (non-hydrogen) atoms. The highest BCUT2D eigenvalue weighted by atomic mass is 16.3. The van der Waals surface area contributed by atoms with Crippen LogP contribution in [0.3, 0.4) is 0 Å². The summed E-state index contributed by atoms with van der Waals surface area (Å²) in [5, 5.41) is 11.8. The molecule has 0 fully saturated rings. The van der Waals surface area contributed by atoms with E-state index in [4.69, 9.17) is 5.11 Å². The van der Waals surface area contributed by atoms with Crippen molar-refractivity contribution in [2.75, 3.05) is 6.54 Å². The van der Waals surface area contributed by atoms with Crippen molar-refractivity contribution in [3.8, 4) is 5.69 Å². The predicted molar refractivity (Wildman–Crippen MR) is 89.0 cm³/mol. The summed E-state index contributed by atoms with van der Waals surface area (Å²) < 4.78 is 2.16. The van der Waals surface area contributed by atoms with Crippen LogP contribution in [0, 0.1) is 13.8 Å². The number of rotatable bonds is 5. The topological polar surface area (TPSA) is 54.3 Å². The Balaban J connectivity index is 2.19. The Morgan fingerprint density at radius 1 is 1.32 bits per heavy atom. The molecule has 4 heteroatoms. The van der Waals surface area contributed by atoms with Gasteiger partial charge in [-0.25, -0.2) is 0 Å². The Labute approximate surface area is 131 Å². The highest BCUT2D eigenvalue weighted by molar-refractivity contribution is 5.91. The molecule has 1 aromatic carbocycles. The van der Waals surface area contributed by atoms with Gasteiger partial charge in [-0.3, -0.25) is 4.79 Å². The molecule has 1 heterocycles. The van der Waals surface area contributed by atoms with E-state index in [0.717, 1.165) is 22.6 Å². The third kappa shape index (κ3) is 3.86. The highest BCUT2D eigenvalue weighted by Crippen LogP contribution is 2.21. The monoisotopic (exact) mass is 298 g/mol. The van der Waals surface area contributed by atoms with E-state index >= 15 is 0 Å². The van der Waals surface area contributed by atoms with Gasteiger partial charge in [0, 0.05) is 29.7 Å². The van der Waals surface area contributed by atoms with Gasteiger partial charge in [0.15, 0.2) is 0 Å². The predicted octanol–water partition coefficient (Wildman–Crippen LogP) is 2.60. The van der Waals surface area contributed by atoms with Crippen molar-refractivity contribution in [2.24, 2.45) is 0 Å². The van der Waals surface area contributed by atoms with E-state index in [9.17, 15) is 4.79 Å². The Hall–Kier alpha value is -2.33. The maximum absolute atomic E-state index is 11.7. The van der Waals surface area contributed by atoms with Gasteiger partial charge in [0.05, 0.1) is 6.10 Å². The number of aliphatic hydroxyl groups is 1. The van der Waals surface area contributed by atoms with Crippen LogP contribution in [0.25, 0.3) is 11.8 Å². The minimum atomic E-state index is -0.541. The van der Waals surface area contributed by atoms with Gasteiger partial charge in [-0.1, -0.05) is 18.2 Å². The maximum atomic E-state index is 11.7. The van der Waals surface area contributed by atoms with Crippen molar-refractivity contribution >= 4 is 12.0 Å². The van der Waals surface area contributed by atoms with Gasteiger partial charge in [-0.05, 0) is 50.6 Å². The Kier molecular flexibility index (Phi) is 5.17. The van der Waals surface area contributed by atoms with Crippen molar-refractivity contribution in [3.05, 3.63) is 59.4 Å². The van der Waals surface area contributed by atoms with Crippen molar-refractivity contribution in [3.63, 3.8) is 0 Å². The van der Waals surface area contributed by atoms with E-state index in [1.807, 2.05) is 32.0 Å². The minimum absolute atomic E-state index is 0.203. The summed E-state index contributed by atoms with van der Waals surface area (Å²) >= 11 is 0. The molecule has 2 N–H and O–H groups in total. The summed E-state index contributed by atoms with van der Waals surface area (Å²) in [5.74, 6) is -0.203. The second-order valence-electron chi connectivity index (χ2n) is 5.42. The number of carbonyl (C=O) groups excluding carboxylic acids is 1. The Bertz CT molecular complexity index is 670. The fourth-order valence-corrected chi connectivity index (χ4v) is 2.40. The number of aromatic nitrogens is 1. The third-order valence-electron chi connectivity index (χ3n) is 3.47. The van der Waals surface area contributed by atoms with Crippen molar-refractivity contribution < 1.29 is 9.90 Å². The summed E-state index contributed by atoms with van der Waals surface area (Å²) in [6, 6.07) is 12.2. The molecule has 0 spiro atoms. The molecule has 0 aliphatic heterocycles. The first-order valence-corrected chi connectivity index (χ1v) is 7.37. The quantitative estimate of drug-likeness (QED) is 0.834. The number of benzene rings is 1. The molecule has 2 rings (SSSR count). The number of hydrogen-bond donors (Lipinski definition) is 2. The van der Waals surface area contributed by atoms with E-state index < -0.39 is 6.10 Å². The fourth-order valence-electron chi connectivity index (χ4n) is 2.40. The van der Waals surface area contributed by atoms with Crippen LogP contribution in [0.15, 0.2) is 42.5 Å². The zero-order valence-electron chi connectivity index (χ0n) is 13.2. The van der Waals surface area contributed by atoms with Gasteiger partial charge in [0.25, 0.3) is 0 Å². The highest BCUT2D eigenvalue weighted by Gasteiger charge is 2.08.